The smallest absolute Gasteiger partial charge is 0.303 e. The predicted molar refractivity (Wildman–Crippen MR) is 109 cm³/mol. The van der Waals surface area contributed by atoms with Crippen molar-refractivity contribution in [2.24, 2.45) is 0 Å². The third kappa shape index (κ3) is 7.32. The molecular formula is C20H22N2O5S. The van der Waals surface area contributed by atoms with E-state index in [2.05, 4.69) is 10.6 Å². The number of hydrogen-bond acceptors (Lipinski definition) is 5. The van der Waals surface area contributed by atoms with Crippen LogP contribution >= 0.6 is 11.8 Å². The minimum atomic E-state index is -1.02. The molecule has 0 bridgehead atoms. The largest absolute Gasteiger partial charge is 0.492 e. The highest BCUT2D eigenvalue weighted by molar-refractivity contribution is 8.00. The molecule has 0 fully saturated rings. The first-order valence-corrected chi connectivity index (χ1v) is 9.72. The molecule has 2 rings (SSSR count). The van der Waals surface area contributed by atoms with Gasteiger partial charge in [-0.15, -0.1) is 11.8 Å². The topological polar surface area (TPSA) is 105 Å². The van der Waals surface area contributed by atoms with E-state index in [9.17, 15) is 14.4 Å². The summed E-state index contributed by atoms with van der Waals surface area (Å²) in [6.45, 7) is 2.38. The van der Waals surface area contributed by atoms with Gasteiger partial charge in [0.2, 0.25) is 11.8 Å². The molecule has 148 valence electrons. The minimum Gasteiger partial charge on any atom is -0.492 e. The summed E-state index contributed by atoms with van der Waals surface area (Å²) in [5.41, 5.74) is 1.18. The predicted octanol–water partition coefficient (Wildman–Crippen LogP) is 3.62. The first-order valence-electron chi connectivity index (χ1n) is 8.74. The first-order chi connectivity index (χ1) is 13.5. The summed E-state index contributed by atoms with van der Waals surface area (Å²) in [4.78, 5) is 35.3. The zero-order valence-corrected chi connectivity index (χ0v) is 16.3. The Morgan fingerprint density at radius 3 is 2.54 bits per heavy atom. The van der Waals surface area contributed by atoms with E-state index in [1.54, 1.807) is 30.3 Å². The average Bonchev–Trinajstić information content (AvgIpc) is 2.67. The second-order valence-electron chi connectivity index (χ2n) is 5.74. The molecule has 0 spiro atoms. The molecule has 2 amide bonds. The van der Waals surface area contributed by atoms with Gasteiger partial charge in [-0.2, -0.15) is 0 Å². The van der Waals surface area contributed by atoms with Crippen LogP contribution in [0.3, 0.4) is 0 Å². The van der Waals surface area contributed by atoms with Crippen LogP contribution in [-0.2, 0) is 14.4 Å². The fraction of sp³-hybridized carbons (Fsp3) is 0.250. The van der Waals surface area contributed by atoms with E-state index in [0.29, 0.717) is 23.7 Å². The van der Waals surface area contributed by atoms with Crippen LogP contribution in [0.4, 0.5) is 11.4 Å². The molecular weight excluding hydrogens is 380 g/mol. The van der Waals surface area contributed by atoms with Crippen molar-refractivity contribution in [3.8, 4) is 5.75 Å². The molecule has 0 atom stereocenters. The number of benzene rings is 2. The Morgan fingerprint density at radius 1 is 1.00 bits per heavy atom. The van der Waals surface area contributed by atoms with Gasteiger partial charge in [-0.3, -0.25) is 14.4 Å². The monoisotopic (exact) mass is 402 g/mol. The zero-order valence-electron chi connectivity index (χ0n) is 15.4. The highest BCUT2D eigenvalue weighted by Crippen LogP contribution is 2.25. The fourth-order valence-electron chi connectivity index (χ4n) is 2.29. The lowest BCUT2D eigenvalue weighted by Gasteiger charge is -2.11. The number of carboxylic acids is 1. The van der Waals surface area contributed by atoms with Gasteiger partial charge in [0.25, 0.3) is 0 Å². The molecule has 2 aromatic carbocycles. The second kappa shape index (κ2) is 11.0. The molecule has 3 N–H and O–H groups in total. The number of carbonyl (C=O) groups excluding carboxylic acids is 2. The minimum absolute atomic E-state index is 0.0889. The van der Waals surface area contributed by atoms with Crippen LogP contribution in [0.5, 0.6) is 5.75 Å². The van der Waals surface area contributed by atoms with E-state index >= 15 is 0 Å². The van der Waals surface area contributed by atoms with Crippen molar-refractivity contribution in [3.63, 3.8) is 0 Å². The number of para-hydroxylation sites is 2. The van der Waals surface area contributed by atoms with E-state index < -0.39 is 5.97 Å². The molecule has 0 aliphatic rings. The summed E-state index contributed by atoms with van der Waals surface area (Å²) in [5.74, 6) is -0.745. The molecule has 0 radical (unpaired) electrons. The summed E-state index contributed by atoms with van der Waals surface area (Å²) in [6.07, 6.45) is -0.308. The summed E-state index contributed by atoms with van der Waals surface area (Å²) < 4.78 is 5.49. The number of rotatable bonds is 10. The molecule has 8 heteroatoms. The maximum Gasteiger partial charge on any atom is 0.303 e. The third-order valence-corrected chi connectivity index (χ3v) is 4.51. The maximum atomic E-state index is 12.2. The van der Waals surface area contributed by atoms with Crippen molar-refractivity contribution < 1.29 is 24.2 Å². The highest BCUT2D eigenvalue weighted by atomic mass is 32.2. The third-order valence-electron chi connectivity index (χ3n) is 3.51. The highest BCUT2D eigenvalue weighted by Gasteiger charge is 2.09. The number of hydrogen-bond donors (Lipinski definition) is 3. The van der Waals surface area contributed by atoms with Crippen LogP contribution in [0, 0.1) is 0 Å². The van der Waals surface area contributed by atoms with Crippen molar-refractivity contribution in [2.45, 2.75) is 24.7 Å². The maximum absolute atomic E-state index is 12.2. The van der Waals surface area contributed by atoms with Crippen LogP contribution in [0.1, 0.15) is 19.8 Å². The normalized spacial score (nSPS) is 10.2. The Labute approximate surface area is 167 Å². The van der Waals surface area contributed by atoms with Gasteiger partial charge in [0.1, 0.15) is 5.75 Å². The Bertz CT molecular complexity index is 841. The summed E-state index contributed by atoms with van der Waals surface area (Å²) in [6, 6.07) is 14.3. The standard InChI is InChI=1S/C20H22N2O5S/c1-2-27-17-9-4-3-8-16(17)22-19(24)13-28-15-7-5-6-14(12-15)21-18(23)10-11-20(25)26/h3-9,12H,2,10-11,13H2,1H3,(H,21,23)(H,22,24)(H,25,26). The molecule has 0 aliphatic heterocycles. The lowest BCUT2D eigenvalue weighted by atomic mass is 10.2. The molecule has 28 heavy (non-hydrogen) atoms. The molecule has 2 aromatic rings. The van der Waals surface area contributed by atoms with Crippen LogP contribution in [0.15, 0.2) is 53.4 Å². The fourth-order valence-corrected chi connectivity index (χ4v) is 3.05. The van der Waals surface area contributed by atoms with Crippen LogP contribution < -0.4 is 15.4 Å². The van der Waals surface area contributed by atoms with Gasteiger partial charge in [-0.1, -0.05) is 18.2 Å². The quantitative estimate of drug-likeness (QED) is 0.524. The van der Waals surface area contributed by atoms with E-state index in [1.807, 2.05) is 25.1 Å². The number of ether oxygens (including phenoxy) is 1. The van der Waals surface area contributed by atoms with Gasteiger partial charge in [0.05, 0.1) is 24.5 Å². The number of anilines is 2. The Hall–Kier alpha value is -3.00. The van der Waals surface area contributed by atoms with Gasteiger partial charge in [0, 0.05) is 17.0 Å². The SMILES string of the molecule is CCOc1ccccc1NC(=O)CSc1cccc(NC(=O)CCC(=O)O)c1. The van der Waals surface area contributed by atoms with Gasteiger partial charge < -0.3 is 20.5 Å². The Morgan fingerprint density at radius 2 is 1.79 bits per heavy atom. The Kier molecular flexibility index (Phi) is 8.36. The number of carboxylic acid groups (broad SMARTS) is 1. The van der Waals surface area contributed by atoms with E-state index in [4.69, 9.17) is 9.84 Å². The van der Waals surface area contributed by atoms with E-state index in [1.165, 1.54) is 11.8 Å². The number of nitrogens with one attached hydrogen (secondary N) is 2. The van der Waals surface area contributed by atoms with Crippen LogP contribution in [-0.4, -0.2) is 35.2 Å². The zero-order chi connectivity index (χ0) is 20.4. The van der Waals surface area contributed by atoms with Crippen molar-refractivity contribution >= 4 is 40.9 Å². The summed E-state index contributed by atoms with van der Waals surface area (Å²) in [7, 11) is 0. The van der Waals surface area contributed by atoms with Crippen molar-refractivity contribution in [3.05, 3.63) is 48.5 Å². The number of carbonyl (C=O) groups is 3. The summed E-state index contributed by atoms with van der Waals surface area (Å²) in [5, 5.41) is 14.1. The molecule has 0 unspecified atom stereocenters. The lowest BCUT2D eigenvalue weighted by molar-refractivity contribution is -0.138. The number of thioether (sulfide) groups is 1. The molecule has 0 heterocycles. The average molecular weight is 402 g/mol. The van der Waals surface area contributed by atoms with Gasteiger partial charge >= 0.3 is 5.97 Å². The van der Waals surface area contributed by atoms with Crippen LogP contribution in [0.25, 0.3) is 0 Å². The molecule has 0 aromatic heterocycles. The van der Waals surface area contributed by atoms with Gasteiger partial charge in [0.15, 0.2) is 0 Å². The Balaban J connectivity index is 1.88. The number of amides is 2. The lowest BCUT2D eigenvalue weighted by Crippen LogP contribution is -2.15. The van der Waals surface area contributed by atoms with Gasteiger partial charge in [-0.25, -0.2) is 0 Å². The first kappa shape index (κ1) is 21.3. The van der Waals surface area contributed by atoms with E-state index in [0.717, 1.165) is 4.90 Å². The van der Waals surface area contributed by atoms with Crippen molar-refractivity contribution in [1.29, 1.82) is 0 Å². The molecule has 0 aliphatic carbocycles. The van der Waals surface area contributed by atoms with Crippen molar-refractivity contribution in [2.75, 3.05) is 23.0 Å². The summed E-state index contributed by atoms with van der Waals surface area (Å²) >= 11 is 1.33. The number of aliphatic carboxylic acids is 1. The van der Waals surface area contributed by atoms with Crippen LogP contribution in [0.2, 0.25) is 0 Å². The molecule has 0 saturated heterocycles. The van der Waals surface area contributed by atoms with E-state index in [-0.39, 0.29) is 30.4 Å². The van der Waals surface area contributed by atoms with Crippen molar-refractivity contribution in [1.82, 2.24) is 0 Å². The second-order valence-corrected chi connectivity index (χ2v) is 6.78. The van der Waals surface area contributed by atoms with Gasteiger partial charge in [-0.05, 0) is 37.3 Å². The molecule has 0 saturated carbocycles. The molecule has 7 nitrogen and oxygen atoms in total.